The Hall–Kier alpha value is -3.68. The van der Waals surface area contributed by atoms with Gasteiger partial charge in [-0.05, 0) is 18.2 Å². The standard InChI is InChI=1S/C18H16N6O2/c1-25-14-7-12(8-19-10-14)15-11-21-24-6-5-16(23-18(15)24)22-13-3-4-17(26-2)20-9-13/h3-11H,1-2H3,(H,22,23). The lowest BCUT2D eigenvalue weighted by Crippen LogP contribution is -1.98. The summed E-state index contributed by atoms with van der Waals surface area (Å²) < 4.78 is 12.0. The van der Waals surface area contributed by atoms with E-state index in [9.17, 15) is 0 Å². The second-order valence-corrected chi connectivity index (χ2v) is 5.47. The van der Waals surface area contributed by atoms with Crippen molar-refractivity contribution in [1.29, 1.82) is 0 Å². The van der Waals surface area contributed by atoms with Crippen molar-refractivity contribution in [3.8, 4) is 22.8 Å². The molecule has 0 saturated carbocycles. The van der Waals surface area contributed by atoms with Crippen LogP contribution in [0.25, 0.3) is 16.8 Å². The molecule has 0 aliphatic heterocycles. The summed E-state index contributed by atoms with van der Waals surface area (Å²) in [5.74, 6) is 1.92. The Kier molecular flexibility index (Phi) is 4.06. The number of pyridine rings is 2. The largest absolute Gasteiger partial charge is 0.495 e. The summed E-state index contributed by atoms with van der Waals surface area (Å²) in [6.45, 7) is 0. The highest BCUT2D eigenvalue weighted by Gasteiger charge is 2.10. The van der Waals surface area contributed by atoms with Crippen molar-refractivity contribution in [2.75, 3.05) is 19.5 Å². The second-order valence-electron chi connectivity index (χ2n) is 5.47. The third-order valence-electron chi connectivity index (χ3n) is 3.85. The van der Waals surface area contributed by atoms with E-state index in [1.807, 2.05) is 24.4 Å². The van der Waals surface area contributed by atoms with E-state index in [4.69, 9.17) is 9.47 Å². The molecule has 4 aromatic rings. The first-order valence-electron chi connectivity index (χ1n) is 7.87. The molecule has 0 saturated heterocycles. The monoisotopic (exact) mass is 348 g/mol. The number of aromatic nitrogens is 5. The van der Waals surface area contributed by atoms with Crippen LogP contribution in [0.15, 0.2) is 55.2 Å². The van der Waals surface area contributed by atoms with Gasteiger partial charge in [0.1, 0.15) is 11.6 Å². The van der Waals surface area contributed by atoms with Crippen molar-refractivity contribution in [2.45, 2.75) is 0 Å². The normalized spacial score (nSPS) is 10.7. The third kappa shape index (κ3) is 3.00. The fraction of sp³-hybridized carbons (Fsp3) is 0.111. The van der Waals surface area contributed by atoms with Crippen molar-refractivity contribution < 1.29 is 9.47 Å². The summed E-state index contributed by atoms with van der Waals surface area (Å²) in [5.41, 5.74) is 3.28. The highest BCUT2D eigenvalue weighted by Crippen LogP contribution is 2.26. The van der Waals surface area contributed by atoms with E-state index in [1.54, 1.807) is 49.6 Å². The van der Waals surface area contributed by atoms with Crippen LogP contribution in [0.4, 0.5) is 11.5 Å². The summed E-state index contributed by atoms with van der Waals surface area (Å²) >= 11 is 0. The lowest BCUT2D eigenvalue weighted by Gasteiger charge is -2.07. The Bertz CT molecular complexity index is 1050. The Balaban J connectivity index is 1.69. The molecule has 0 unspecified atom stereocenters. The van der Waals surface area contributed by atoms with Crippen molar-refractivity contribution in [2.24, 2.45) is 0 Å². The molecule has 26 heavy (non-hydrogen) atoms. The summed E-state index contributed by atoms with van der Waals surface area (Å²) in [4.78, 5) is 13.0. The van der Waals surface area contributed by atoms with Gasteiger partial charge in [-0.15, -0.1) is 0 Å². The van der Waals surface area contributed by atoms with Crippen LogP contribution in [-0.2, 0) is 0 Å². The molecule has 4 heterocycles. The van der Waals surface area contributed by atoms with E-state index >= 15 is 0 Å². The minimum absolute atomic E-state index is 0.558. The lowest BCUT2D eigenvalue weighted by molar-refractivity contribution is 0.398. The number of hydrogen-bond donors (Lipinski definition) is 1. The molecule has 0 bridgehead atoms. The van der Waals surface area contributed by atoms with Gasteiger partial charge in [0.15, 0.2) is 5.65 Å². The van der Waals surface area contributed by atoms with Crippen LogP contribution >= 0.6 is 0 Å². The van der Waals surface area contributed by atoms with Crippen LogP contribution in [-0.4, -0.2) is 38.8 Å². The predicted molar refractivity (Wildman–Crippen MR) is 96.8 cm³/mol. The fourth-order valence-electron chi connectivity index (χ4n) is 2.54. The van der Waals surface area contributed by atoms with Gasteiger partial charge in [-0.3, -0.25) is 4.98 Å². The number of nitrogens with one attached hydrogen (secondary N) is 1. The van der Waals surface area contributed by atoms with Crippen molar-refractivity contribution in [3.05, 3.63) is 55.2 Å². The van der Waals surface area contributed by atoms with Gasteiger partial charge in [0, 0.05) is 29.6 Å². The maximum Gasteiger partial charge on any atom is 0.213 e. The fourth-order valence-corrected chi connectivity index (χ4v) is 2.54. The average Bonchev–Trinajstić information content (AvgIpc) is 3.12. The summed E-state index contributed by atoms with van der Waals surface area (Å²) in [5, 5.41) is 7.58. The van der Waals surface area contributed by atoms with Crippen LogP contribution in [0.2, 0.25) is 0 Å². The molecule has 0 aliphatic carbocycles. The second kappa shape index (κ2) is 6.67. The van der Waals surface area contributed by atoms with E-state index in [0.29, 0.717) is 23.1 Å². The van der Waals surface area contributed by atoms with Gasteiger partial charge in [-0.25, -0.2) is 14.5 Å². The van der Waals surface area contributed by atoms with E-state index < -0.39 is 0 Å². The highest BCUT2D eigenvalue weighted by molar-refractivity contribution is 5.78. The topological polar surface area (TPSA) is 86.5 Å². The Morgan fingerprint density at radius 3 is 2.69 bits per heavy atom. The first-order chi connectivity index (χ1) is 12.8. The molecule has 8 heteroatoms. The zero-order valence-electron chi connectivity index (χ0n) is 14.2. The first-order valence-corrected chi connectivity index (χ1v) is 7.87. The molecule has 4 aromatic heterocycles. The van der Waals surface area contributed by atoms with Gasteiger partial charge < -0.3 is 14.8 Å². The zero-order chi connectivity index (χ0) is 17.9. The van der Waals surface area contributed by atoms with Gasteiger partial charge in [0.2, 0.25) is 5.88 Å². The maximum absolute atomic E-state index is 5.25. The number of rotatable bonds is 5. The number of hydrogen-bond acceptors (Lipinski definition) is 7. The van der Waals surface area contributed by atoms with Gasteiger partial charge in [-0.1, -0.05) is 0 Å². The van der Waals surface area contributed by atoms with E-state index in [2.05, 4.69) is 25.4 Å². The quantitative estimate of drug-likeness (QED) is 0.593. The van der Waals surface area contributed by atoms with Crippen LogP contribution in [0.1, 0.15) is 0 Å². The predicted octanol–water partition coefficient (Wildman–Crippen LogP) is 2.95. The number of methoxy groups -OCH3 is 2. The minimum atomic E-state index is 0.558. The smallest absolute Gasteiger partial charge is 0.213 e. The van der Waals surface area contributed by atoms with Crippen LogP contribution in [0.3, 0.4) is 0 Å². The third-order valence-corrected chi connectivity index (χ3v) is 3.85. The summed E-state index contributed by atoms with van der Waals surface area (Å²) in [6.07, 6.45) is 8.71. The van der Waals surface area contributed by atoms with Crippen LogP contribution < -0.4 is 14.8 Å². The van der Waals surface area contributed by atoms with E-state index in [1.165, 1.54) is 0 Å². The molecular formula is C18H16N6O2. The molecule has 0 amide bonds. The van der Waals surface area contributed by atoms with Crippen LogP contribution in [0.5, 0.6) is 11.6 Å². The number of ether oxygens (including phenoxy) is 2. The first kappa shape index (κ1) is 15.8. The molecule has 130 valence electrons. The Morgan fingerprint density at radius 1 is 1.00 bits per heavy atom. The highest BCUT2D eigenvalue weighted by atomic mass is 16.5. The maximum atomic E-state index is 5.25. The summed E-state index contributed by atoms with van der Waals surface area (Å²) in [7, 11) is 3.19. The zero-order valence-corrected chi connectivity index (χ0v) is 14.2. The molecule has 0 spiro atoms. The van der Waals surface area contributed by atoms with Crippen molar-refractivity contribution in [3.63, 3.8) is 0 Å². The molecule has 0 radical (unpaired) electrons. The Labute approximate surface area is 149 Å². The molecular weight excluding hydrogens is 332 g/mol. The van der Waals surface area contributed by atoms with Crippen molar-refractivity contribution in [1.82, 2.24) is 24.6 Å². The molecule has 0 atom stereocenters. The van der Waals surface area contributed by atoms with Crippen LogP contribution in [0, 0.1) is 0 Å². The number of anilines is 2. The lowest BCUT2D eigenvalue weighted by atomic mass is 10.1. The summed E-state index contributed by atoms with van der Waals surface area (Å²) in [6, 6.07) is 7.41. The molecule has 1 N–H and O–H groups in total. The molecule has 0 aliphatic rings. The average molecular weight is 348 g/mol. The van der Waals surface area contributed by atoms with E-state index in [0.717, 1.165) is 16.8 Å². The molecule has 4 rings (SSSR count). The van der Waals surface area contributed by atoms with Crippen molar-refractivity contribution >= 4 is 17.2 Å². The van der Waals surface area contributed by atoms with Gasteiger partial charge in [-0.2, -0.15) is 5.10 Å². The number of fused-ring (bicyclic) bond motifs is 1. The molecule has 8 nitrogen and oxygen atoms in total. The van der Waals surface area contributed by atoms with E-state index in [-0.39, 0.29) is 0 Å². The molecule has 0 aromatic carbocycles. The molecule has 0 fully saturated rings. The number of nitrogens with zero attached hydrogens (tertiary/aromatic N) is 5. The van der Waals surface area contributed by atoms with Gasteiger partial charge >= 0.3 is 0 Å². The van der Waals surface area contributed by atoms with Gasteiger partial charge in [0.25, 0.3) is 0 Å². The minimum Gasteiger partial charge on any atom is -0.495 e. The Morgan fingerprint density at radius 2 is 1.92 bits per heavy atom. The SMILES string of the molecule is COc1cncc(-c2cnn3ccc(Nc4ccc(OC)nc4)nc23)c1. The van der Waals surface area contributed by atoms with Gasteiger partial charge in [0.05, 0.1) is 38.5 Å².